The van der Waals surface area contributed by atoms with E-state index in [0.29, 0.717) is 5.84 Å². The quantitative estimate of drug-likeness (QED) is 0.152. The van der Waals surface area contributed by atoms with E-state index in [2.05, 4.69) is 122 Å². The van der Waals surface area contributed by atoms with Crippen LogP contribution in [0.4, 0.5) is 0 Å². The van der Waals surface area contributed by atoms with Gasteiger partial charge in [-0.15, -0.1) is 0 Å². The molecule has 43 heavy (non-hydrogen) atoms. The average Bonchev–Trinajstić information content (AvgIpc) is 3.52. The summed E-state index contributed by atoms with van der Waals surface area (Å²) >= 11 is 0. The maximum Gasteiger partial charge on any atom is 0.156 e. The molecule has 210 valence electrons. The van der Waals surface area contributed by atoms with Gasteiger partial charge in [0.2, 0.25) is 0 Å². The number of benzene rings is 5. The first kappa shape index (κ1) is 26.7. The van der Waals surface area contributed by atoms with Crippen molar-refractivity contribution in [1.82, 2.24) is 9.13 Å². The van der Waals surface area contributed by atoms with Gasteiger partial charge in [-0.25, -0.2) is 9.98 Å². The van der Waals surface area contributed by atoms with Crippen LogP contribution in [0.15, 0.2) is 131 Å². The fraction of sp³-hybridized carbons (Fsp3) is 0.128. The molecule has 0 amide bonds. The summed E-state index contributed by atoms with van der Waals surface area (Å²) in [5, 5.41) is 7.41. The number of amidine groups is 1. The normalized spacial score (nSPS) is 12.7. The Labute approximate surface area is 251 Å². The molecule has 4 heteroatoms. The molecular weight excluding hydrogens is 524 g/mol. The van der Waals surface area contributed by atoms with Gasteiger partial charge in [0.25, 0.3) is 0 Å². The Hall–Kier alpha value is -5.22. The molecule has 0 saturated heterocycles. The average molecular weight is 559 g/mol. The predicted molar refractivity (Wildman–Crippen MR) is 186 cm³/mol. The zero-order valence-electron chi connectivity index (χ0n) is 25.3. The summed E-state index contributed by atoms with van der Waals surface area (Å²) < 4.78 is 4.69. The molecule has 0 aliphatic rings. The van der Waals surface area contributed by atoms with Crippen molar-refractivity contribution in [3.63, 3.8) is 0 Å². The fourth-order valence-electron chi connectivity index (χ4n) is 6.43. The first-order valence-corrected chi connectivity index (χ1v) is 14.7. The summed E-state index contributed by atoms with van der Waals surface area (Å²) in [5.41, 5.74) is 8.63. The van der Waals surface area contributed by atoms with E-state index in [9.17, 15) is 0 Å². The third-order valence-corrected chi connectivity index (χ3v) is 8.39. The number of hydrogen-bond donors (Lipinski definition) is 0. The first-order valence-electron chi connectivity index (χ1n) is 14.7. The van der Waals surface area contributed by atoms with Crippen LogP contribution >= 0.6 is 0 Å². The van der Waals surface area contributed by atoms with Gasteiger partial charge in [-0.3, -0.25) is 4.57 Å². The molecule has 5 aromatic carbocycles. The van der Waals surface area contributed by atoms with Crippen LogP contribution in [-0.2, 0) is 7.05 Å². The van der Waals surface area contributed by atoms with Crippen LogP contribution < -0.4 is 0 Å². The number of aliphatic imine (C=N–C) groups is 2. The van der Waals surface area contributed by atoms with Crippen molar-refractivity contribution in [3.05, 3.63) is 126 Å². The first-order chi connectivity index (χ1) is 20.9. The molecule has 0 saturated carbocycles. The van der Waals surface area contributed by atoms with Crippen molar-refractivity contribution >= 4 is 71.8 Å². The Morgan fingerprint density at radius 3 is 1.72 bits per heavy atom. The van der Waals surface area contributed by atoms with Gasteiger partial charge in [-0.1, -0.05) is 97.6 Å². The number of hydrogen-bond acceptors (Lipinski definition) is 1. The Bertz CT molecular complexity index is 2340. The minimum atomic E-state index is 0.624. The van der Waals surface area contributed by atoms with Crippen LogP contribution in [0.2, 0.25) is 0 Å². The lowest BCUT2D eigenvalue weighted by Gasteiger charge is -2.15. The van der Waals surface area contributed by atoms with E-state index in [1.165, 1.54) is 43.4 Å². The van der Waals surface area contributed by atoms with Gasteiger partial charge >= 0.3 is 0 Å². The maximum atomic E-state index is 5.30. The van der Waals surface area contributed by atoms with Gasteiger partial charge in [0.05, 0.1) is 16.6 Å². The molecule has 0 aliphatic heterocycles. The highest BCUT2D eigenvalue weighted by Crippen LogP contribution is 2.45. The monoisotopic (exact) mass is 558 g/mol. The molecule has 7 aromatic rings. The Morgan fingerprint density at radius 2 is 1.09 bits per heavy atom. The van der Waals surface area contributed by atoms with Crippen LogP contribution in [0.5, 0.6) is 0 Å². The van der Waals surface area contributed by atoms with E-state index in [-0.39, 0.29) is 0 Å². The number of nitrogens with zero attached hydrogens (tertiary/aromatic N) is 4. The molecule has 0 radical (unpaired) electrons. The molecule has 0 unspecified atom stereocenters. The van der Waals surface area contributed by atoms with Gasteiger partial charge in [0, 0.05) is 50.6 Å². The van der Waals surface area contributed by atoms with Crippen LogP contribution in [0.25, 0.3) is 60.2 Å². The van der Waals surface area contributed by atoms with E-state index >= 15 is 0 Å². The summed E-state index contributed by atoms with van der Waals surface area (Å²) in [4.78, 5) is 10.3. The highest BCUT2D eigenvalue weighted by molar-refractivity contribution is 6.37. The molecule has 0 fully saturated rings. The predicted octanol–water partition coefficient (Wildman–Crippen LogP) is 10.3. The van der Waals surface area contributed by atoms with Crippen LogP contribution in [0.1, 0.15) is 33.3 Å². The zero-order valence-corrected chi connectivity index (χ0v) is 25.3. The lowest BCUT2D eigenvalue weighted by molar-refractivity contribution is 1.02. The second kappa shape index (κ2) is 10.2. The molecule has 0 N–H and O–H groups in total. The third-order valence-electron chi connectivity index (χ3n) is 8.39. The van der Waals surface area contributed by atoms with Crippen molar-refractivity contribution in [2.45, 2.75) is 27.7 Å². The van der Waals surface area contributed by atoms with E-state index in [1.807, 2.05) is 32.0 Å². The van der Waals surface area contributed by atoms with Crippen molar-refractivity contribution in [2.24, 2.45) is 17.0 Å². The van der Waals surface area contributed by atoms with Gasteiger partial charge in [0.1, 0.15) is 5.82 Å². The molecular formula is C39H34N4. The maximum absolute atomic E-state index is 5.30. The number of allylic oxidation sites excluding steroid dienone is 1. The van der Waals surface area contributed by atoms with E-state index in [1.54, 1.807) is 0 Å². The highest BCUT2D eigenvalue weighted by atomic mass is 15.1. The third kappa shape index (κ3) is 4.13. The Kier molecular flexibility index (Phi) is 6.36. The summed E-state index contributed by atoms with van der Waals surface area (Å²) in [5.74, 6) is 1.48. The SMILES string of the molecule is C=C(C)/C(N=C(C)c1ccccc1)=N/C(=C(C)C)n1c2ccccc2c2c3c4ccccc4n(C)c3c3ccccc3c21. The molecule has 0 spiro atoms. The largest absolute Gasteiger partial charge is 0.343 e. The van der Waals surface area contributed by atoms with Gasteiger partial charge in [-0.2, -0.15) is 0 Å². The minimum Gasteiger partial charge on any atom is -0.343 e. The number of para-hydroxylation sites is 2. The second-order valence-electron chi connectivity index (χ2n) is 11.5. The number of aryl methyl sites for hydroxylation is 1. The van der Waals surface area contributed by atoms with Crippen LogP contribution in [0.3, 0.4) is 0 Å². The summed E-state index contributed by atoms with van der Waals surface area (Å²) in [7, 11) is 2.18. The van der Waals surface area contributed by atoms with Gasteiger partial charge in [0.15, 0.2) is 5.84 Å². The van der Waals surface area contributed by atoms with Crippen LogP contribution in [0, 0.1) is 0 Å². The molecule has 2 heterocycles. The van der Waals surface area contributed by atoms with Crippen molar-refractivity contribution < 1.29 is 0 Å². The van der Waals surface area contributed by atoms with Gasteiger partial charge in [-0.05, 0) is 56.5 Å². The van der Waals surface area contributed by atoms with E-state index < -0.39 is 0 Å². The number of aromatic nitrogens is 2. The number of fused-ring (bicyclic) bond motifs is 10. The van der Waals surface area contributed by atoms with E-state index in [0.717, 1.165) is 39.3 Å². The number of rotatable bonds is 4. The standard InChI is InChI=1S/C39H34N4/c1-24(2)38(40-26(5)27-16-8-7-9-17-27)41-39(25(3)4)43-33-23-15-13-21-31(33)35-34-30-20-12-14-22-32(30)42(6)36(34)28-18-10-11-19-29(28)37(35)43/h7-23H,1H2,2-6H3/b40-26?,41-38-. The van der Waals surface area contributed by atoms with E-state index in [4.69, 9.17) is 9.98 Å². The molecule has 2 aromatic heterocycles. The molecule has 0 atom stereocenters. The Morgan fingerprint density at radius 1 is 0.581 bits per heavy atom. The Balaban J connectivity index is 1.65. The summed E-state index contributed by atoms with van der Waals surface area (Å²) in [6, 6.07) is 36.4. The summed E-state index contributed by atoms with van der Waals surface area (Å²) in [6.45, 7) is 12.5. The minimum absolute atomic E-state index is 0.624. The topological polar surface area (TPSA) is 34.6 Å². The molecule has 4 nitrogen and oxygen atoms in total. The van der Waals surface area contributed by atoms with Crippen molar-refractivity contribution in [3.8, 4) is 0 Å². The van der Waals surface area contributed by atoms with Crippen molar-refractivity contribution in [2.75, 3.05) is 0 Å². The zero-order chi connectivity index (χ0) is 29.8. The lowest BCUT2D eigenvalue weighted by atomic mass is 9.99. The van der Waals surface area contributed by atoms with Crippen molar-refractivity contribution in [1.29, 1.82) is 0 Å². The smallest absolute Gasteiger partial charge is 0.156 e. The molecule has 0 aliphatic carbocycles. The molecule has 0 bridgehead atoms. The lowest BCUT2D eigenvalue weighted by Crippen LogP contribution is -2.06. The molecule has 7 rings (SSSR count). The second-order valence-corrected chi connectivity index (χ2v) is 11.5. The highest BCUT2D eigenvalue weighted by Gasteiger charge is 2.23. The van der Waals surface area contributed by atoms with Gasteiger partial charge < -0.3 is 4.57 Å². The van der Waals surface area contributed by atoms with Crippen LogP contribution in [-0.4, -0.2) is 20.7 Å². The summed E-state index contributed by atoms with van der Waals surface area (Å²) in [6.07, 6.45) is 0. The fourth-order valence-corrected chi connectivity index (χ4v) is 6.43.